The van der Waals surface area contributed by atoms with Crippen molar-refractivity contribution < 1.29 is 18.8 Å². The molecule has 1 heterocycles. The number of likely N-dealkylation sites (N-methyl/N-ethyl adjacent to an activating group) is 1. The molecular formula is C12H10ClFN2O3. The maximum atomic E-state index is 13.8. The number of Topliss-reactive ketones (excluding diaryl/α,β-unsaturated/α-hetero) is 1. The second-order valence-corrected chi connectivity index (χ2v) is 4.67. The first kappa shape index (κ1) is 13.5. The number of hydrogen-bond acceptors (Lipinski definition) is 3. The molecule has 0 radical (unpaired) electrons. The van der Waals surface area contributed by atoms with E-state index >= 15 is 0 Å². The summed E-state index contributed by atoms with van der Waals surface area (Å²) >= 11 is 5.80. The summed E-state index contributed by atoms with van der Waals surface area (Å²) in [6.07, 6.45) is 0. The zero-order chi connectivity index (χ0) is 14.3. The summed E-state index contributed by atoms with van der Waals surface area (Å²) < 4.78 is 13.8. The number of anilines is 1. The fourth-order valence-electron chi connectivity index (χ4n) is 1.78. The van der Waals surface area contributed by atoms with Crippen molar-refractivity contribution in [3.63, 3.8) is 0 Å². The van der Waals surface area contributed by atoms with E-state index in [1.165, 1.54) is 25.1 Å². The molecule has 0 aliphatic carbocycles. The Kier molecular flexibility index (Phi) is 3.28. The lowest BCUT2D eigenvalue weighted by atomic mass is 10.1. The van der Waals surface area contributed by atoms with Crippen LogP contribution in [0.2, 0.25) is 5.02 Å². The molecule has 0 unspecified atom stereocenters. The molecule has 0 saturated carbocycles. The minimum Gasteiger partial charge on any atom is -0.347 e. The number of amides is 2. The first-order chi connectivity index (χ1) is 8.84. The van der Waals surface area contributed by atoms with Gasteiger partial charge in [0.1, 0.15) is 12.4 Å². The van der Waals surface area contributed by atoms with Gasteiger partial charge in [0.05, 0.1) is 16.3 Å². The van der Waals surface area contributed by atoms with Crippen LogP contribution in [0.3, 0.4) is 0 Å². The van der Waals surface area contributed by atoms with Gasteiger partial charge in [0.2, 0.25) is 5.91 Å². The lowest BCUT2D eigenvalue weighted by Crippen LogP contribution is -2.39. The summed E-state index contributed by atoms with van der Waals surface area (Å²) in [5.41, 5.74) is -0.407. The van der Waals surface area contributed by atoms with Gasteiger partial charge in [-0.1, -0.05) is 11.6 Å². The normalized spacial score (nSPS) is 13.8. The Morgan fingerprint density at radius 2 is 2.00 bits per heavy atom. The van der Waals surface area contributed by atoms with Crippen LogP contribution in [0, 0.1) is 5.82 Å². The van der Waals surface area contributed by atoms with E-state index in [1.54, 1.807) is 0 Å². The lowest BCUT2D eigenvalue weighted by Gasteiger charge is -2.19. The van der Waals surface area contributed by atoms with Crippen molar-refractivity contribution in [2.75, 3.05) is 25.5 Å². The molecular weight excluding hydrogens is 275 g/mol. The van der Waals surface area contributed by atoms with Gasteiger partial charge in [-0.3, -0.25) is 19.3 Å². The standard InChI is InChI=1S/C12H10ClFN2O3/c1-15(2)8(17)5-16-10-7(14)4-3-6(13)9(10)11(18)12(16)19/h3-4H,5H2,1-2H3. The van der Waals surface area contributed by atoms with Crippen LogP contribution in [0.15, 0.2) is 12.1 Å². The number of benzene rings is 1. The molecule has 1 aromatic rings. The van der Waals surface area contributed by atoms with Crippen molar-refractivity contribution in [3.8, 4) is 0 Å². The quantitative estimate of drug-likeness (QED) is 0.764. The Morgan fingerprint density at radius 1 is 1.37 bits per heavy atom. The fourth-order valence-corrected chi connectivity index (χ4v) is 2.02. The maximum Gasteiger partial charge on any atom is 0.300 e. The monoisotopic (exact) mass is 284 g/mol. The molecule has 2 rings (SSSR count). The van der Waals surface area contributed by atoms with Crippen LogP contribution in [0.4, 0.5) is 10.1 Å². The van der Waals surface area contributed by atoms with Gasteiger partial charge in [-0.2, -0.15) is 0 Å². The molecule has 1 aliphatic rings. The van der Waals surface area contributed by atoms with Crippen molar-refractivity contribution >= 4 is 34.9 Å². The predicted octanol–water partition coefficient (Wildman–Crippen LogP) is 1.10. The minimum absolute atomic E-state index is 0.00504. The lowest BCUT2D eigenvalue weighted by molar-refractivity contribution is -0.128. The molecule has 2 amide bonds. The molecule has 0 fully saturated rings. The van der Waals surface area contributed by atoms with Crippen LogP contribution < -0.4 is 4.90 Å². The third kappa shape index (κ3) is 2.08. The van der Waals surface area contributed by atoms with Gasteiger partial charge in [0, 0.05) is 14.1 Å². The van der Waals surface area contributed by atoms with E-state index in [9.17, 15) is 18.8 Å². The molecule has 0 saturated heterocycles. The van der Waals surface area contributed by atoms with E-state index in [-0.39, 0.29) is 16.3 Å². The van der Waals surface area contributed by atoms with E-state index in [0.717, 1.165) is 11.0 Å². The Bertz CT molecular complexity index is 601. The number of rotatable bonds is 2. The van der Waals surface area contributed by atoms with Crippen molar-refractivity contribution in [2.24, 2.45) is 0 Å². The van der Waals surface area contributed by atoms with E-state index in [0.29, 0.717) is 0 Å². The average molecular weight is 285 g/mol. The number of halogens is 2. The van der Waals surface area contributed by atoms with Gasteiger partial charge in [0.15, 0.2) is 0 Å². The first-order valence-corrected chi connectivity index (χ1v) is 5.76. The van der Waals surface area contributed by atoms with Crippen LogP contribution in [0.25, 0.3) is 0 Å². The summed E-state index contributed by atoms with van der Waals surface area (Å²) in [7, 11) is 3.00. The van der Waals surface area contributed by atoms with Gasteiger partial charge in [-0.05, 0) is 12.1 Å². The zero-order valence-corrected chi connectivity index (χ0v) is 11.0. The minimum atomic E-state index is -0.947. The maximum absolute atomic E-state index is 13.8. The predicted molar refractivity (Wildman–Crippen MR) is 66.8 cm³/mol. The molecule has 0 aromatic heterocycles. The fraction of sp³-hybridized carbons (Fsp3) is 0.250. The highest BCUT2D eigenvalue weighted by Gasteiger charge is 2.40. The van der Waals surface area contributed by atoms with E-state index in [1.807, 2.05) is 0 Å². The molecule has 19 heavy (non-hydrogen) atoms. The highest BCUT2D eigenvalue weighted by Crippen LogP contribution is 2.36. The van der Waals surface area contributed by atoms with Crippen molar-refractivity contribution in [2.45, 2.75) is 0 Å². The number of nitrogens with zero attached hydrogens (tertiary/aromatic N) is 2. The number of ketones is 1. The molecule has 0 spiro atoms. The van der Waals surface area contributed by atoms with Crippen molar-refractivity contribution in [3.05, 3.63) is 28.5 Å². The van der Waals surface area contributed by atoms with Gasteiger partial charge >= 0.3 is 0 Å². The molecule has 0 atom stereocenters. The second-order valence-electron chi connectivity index (χ2n) is 4.26. The average Bonchev–Trinajstić information content (AvgIpc) is 2.60. The second kappa shape index (κ2) is 4.62. The molecule has 0 bridgehead atoms. The topological polar surface area (TPSA) is 57.7 Å². The number of hydrogen-bond donors (Lipinski definition) is 0. The van der Waals surface area contributed by atoms with Crippen LogP contribution >= 0.6 is 11.6 Å². The molecule has 1 aromatic carbocycles. The summed E-state index contributed by atoms with van der Waals surface area (Å²) in [6.45, 7) is -0.401. The number of fused-ring (bicyclic) bond motifs is 1. The molecule has 7 heteroatoms. The third-order valence-corrected chi connectivity index (χ3v) is 3.12. The molecule has 100 valence electrons. The van der Waals surface area contributed by atoms with E-state index < -0.39 is 30.0 Å². The van der Waals surface area contributed by atoms with Crippen LogP contribution in [0.1, 0.15) is 10.4 Å². The Balaban J connectivity index is 2.50. The molecule has 5 nitrogen and oxygen atoms in total. The van der Waals surface area contributed by atoms with Crippen molar-refractivity contribution in [1.29, 1.82) is 0 Å². The van der Waals surface area contributed by atoms with Crippen molar-refractivity contribution in [1.82, 2.24) is 4.90 Å². The SMILES string of the molecule is CN(C)C(=O)CN1C(=O)C(=O)c2c(Cl)ccc(F)c21. The Morgan fingerprint density at radius 3 is 2.58 bits per heavy atom. The largest absolute Gasteiger partial charge is 0.347 e. The smallest absolute Gasteiger partial charge is 0.300 e. The van der Waals surface area contributed by atoms with Gasteiger partial charge in [0.25, 0.3) is 11.7 Å². The number of carbonyl (C=O) groups excluding carboxylic acids is 3. The summed E-state index contributed by atoms with van der Waals surface area (Å²) in [5, 5.41) is -0.00504. The van der Waals surface area contributed by atoms with E-state index in [2.05, 4.69) is 0 Å². The van der Waals surface area contributed by atoms with Gasteiger partial charge < -0.3 is 4.90 Å². The highest BCUT2D eigenvalue weighted by molar-refractivity contribution is 6.55. The Labute approximate surface area is 113 Å². The number of carbonyl (C=O) groups is 3. The molecule has 1 aliphatic heterocycles. The van der Waals surface area contributed by atoms with Crippen LogP contribution in [-0.2, 0) is 9.59 Å². The van der Waals surface area contributed by atoms with Crippen LogP contribution in [0.5, 0.6) is 0 Å². The summed E-state index contributed by atoms with van der Waals surface area (Å²) in [6, 6.07) is 2.26. The van der Waals surface area contributed by atoms with Gasteiger partial charge in [-0.15, -0.1) is 0 Å². The van der Waals surface area contributed by atoms with E-state index in [4.69, 9.17) is 11.6 Å². The summed E-state index contributed by atoms with van der Waals surface area (Å²) in [5.74, 6) is -3.03. The highest BCUT2D eigenvalue weighted by atomic mass is 35.5. The Hall–Kier alpha value is -1.95. The van der Waals surface area contributed by atoms with Gasteiger partial charge in [-0.25, -0.2) is 4.39 Å². The molecule has 0 N–H and O–H groups in total. The zero-order valence-electron chi connectivity index (χ0n) is 10.2. The first-order valence-electron chi connectivity index (χ1n) is 5.39. The summed E-state index contributed by atoms with van der Waals surface area (Å²) in [4.78, 5) is 37.3. The van der Waals surface area contributed by atoms with Crippen LogP contribution in [-0.4, -0.2) is 43.1 Å². The third-order valence-electron chi connectivity index (χ3n) is 2.81.